The second kappa shape index (κ2) is 10.8. The fourth-order valence-electron chi connectivity index (χ4n) is 3.66. The summed E-state index contributed by atoms with van der Waals surface area (Å²) >= 11 is 1.46. The Kier molecular flexibility index (Phi) is 7.82. The number of amides is 2. The smallest absolute Gasteiger partial charge is 0.451 e. The lowest BCUT2D eigenvalue weighted by atomic mass is 10.1. The van der Waals surface area contributed by atoms with Gasteiger partial charge in [0.15, 0.2) is 0 Å². The van der Waals surface area contributed by atoms with Crippen molar-refractivity contribution in [3.05, 3.63) is 58.6 Å². The van der Waals surface area contributed by atoms with Crippen molar-refractivity contribution in [3.63, 3.8) is 0 Å². The van der Waals surface area contributed by atoms with Crippen LogP contribution in [0.4, 0.5) is 18.0 Å². The highest BCUT2D eigenvalue weighted by molar-refractivity contribution is 7.14. The minimum absolute atomic E-state index is 0.276. The van der Waals surface area contributed by atoms with Crippen LogP contribution in [0.1, 0.15) is 60.4 Å². The van der Waals surface area contributed by atoms with Crippen molar-refractivity contribution in [3.8, 4) is 16.3 Å². The van der Waals surface area contributed by atoms with Crippen molar-refractivity contribution in [2.75, 3.05) is 13.1 Å². The van der Waals surface area contributed by atoms with E-state index in [9.17, 15) is 22.8 Å². The predicted molar refractivity (Wildman–Crippen MR) is 137 cm³/mol. The molecule has 0 aliphatic carbocycles. The third-order valence-electron chi connectivity index (χ3n) is 5.61. The maximum absolute atomic E-state index is 13.2. The van der Waals surface area contributed by atoms with E-state index in [0.717, 1.165) is 17.3 Å². The number of likely N-dealkylation sites (tertiary alicyclic amines) is 1. The number of alkyl halides is 3. The number of ether oxygens (including phenoxy) is 2. The Morgan fingerprint density at radius 1 is 1.08 bits per heavy atom. The van der Waals surface area contributed by atoms with Gasteiger partial charge in [-0.25, -0.2) is 19.7 Å². The molecule has 3 aromatic rings. The van der Waals surface area contributed by atoms with Crippen LogP contribution in [-0.2, 0) is 10.9 Å². The molecule has 1 aromatic carbocycles. The maximum atomic E-state index is 13.2. The molecule has 1 N–H and O–H groups in total. The van der Waals surface area contributed by atoms with Crippen LogP contribution in [0.25, 0.3) is 10.6 Å². The van der Waals surface area contributed by atoms with E-state index < -0.39 is 35.6 Å². The molecular weight excluding hydrogens is 535 g/mol. The number of hydrogen-bond acceptors (Lipinski definition) is 8. The van der Waals surface area contributed by atoms with E-state index in [2.05, 4.69) is 20.3 Å². The van der Waals surface area contributed by atoms with Gasteiger partial charge in [0.25, 0.3) is 5.91 Å². The van der Waals surface area contributed by atoms with Crippen molar-refractivity contribution in [1.29, 1.82) is 0 Å². The van der Waals surface area contributed by atoms with Gasteiger partial charge in [-0.05, 0) is 52.8 Å². The monoisotopic (exact) mass is 563 g/mol. The normalized spacial score (nSPS) is 14.9. The number of benzene rings is 1. The van der Waals surface area contributed by atoms with E-state index in [-0.39, 0.29) is 11.7 Å². The number of nitrogens with zero attached hydrogens (tertiary/aromatic N) is 4. The summed E-state index contributed by atoms with van der Waals surface area (Å²) in [6.07, 6.45) is -1.56. The van der Waals surface area contributed by atoms with Crippen LogP contribution >= 0.6 is 11.3 Å². The fourth-order valence-corrected chi connectivity index (χ4v) is 4.41. The van der Waals surface area contributed by atoms with Crippen LogP contribution in [0.3, 0.4) is 0 Å². The van der Waals surface area contributed by atoms with E-state index in [0.29, 0.717) is 35.0 Å². The Labute approximate surface area is 227 Å². The van der Waals surface area contributed by atoms with Gasteiger partial charge in [-0.2, -0.15) is 13.2 Å². The fraction of sp³-hybridized carbons (Fsp3) is 0.423. The molecule has 0 spiro atoms. The summed E-state index contributed by atoms with van der Waals surface area (Å²) in [4.78, 5) is 39.0. The molecule has 1 atom stereocenters. The Morgan fingerprint density at radius 3 is 2.31 bits per heavy atom. The Bertz CT molecular complexity index is 1350. The third kappa shape index (κ3) is 7.22. The van der Waals surface area contributed by atoms with Gasteiger partial charge in [-0.15, -0.1) is 11.3 Å². The van der Waals surface area contributed by atoms with Crippen LogP contribution in [0.5, 0.6) is 5.75 Å². The molecule has 1 fully saturated rings. The number of aryl methyl sites for hydroxylation is 1. The lowest BCUT2D eigenvalue weighted by molar-refractivity contribution is -0.145. The summed E-state index contributed by atoms with van der Waals surface area (Å²) in [5.41, 5.74) is 0.661. The molecule has 2 amide bonds. The molecule has 13 heteroatoms. The van der Waals surface area contributed by atoms with Gasteiger partial charge in [-0.1, -0.05) is 0 Å². The molecule has 39 heavy (non-hydrogen) atoms. The first-order valence-electron chi connectivity index (χ1n) is 12.1. The van der Waals surface area contributed by atoms with E-state index in [1.807, 2.05) is 6.92 Å². The number of rotatable bonds is 6. The first-order chi connectivity index (χ1) is 18.2. The molecule has 1 saturated heterocycles. The van der Waals surface area contributed by atoms with Crippen molar-refractivity contribution >= 4 is 23.3 Å². The van der Waals surface area contributed by atoms with Gasteiger partial charge in [-0.3, -0.25) is 4.79 Å². The summed E-state index contributed by atoms with van der Waals surface area (Å²) in [6, 6.07) is 4.36. The van der Waals surface area contributed by atoms with Crippen LogP contribution in [0, 0.1) is 6.92 Å². The van der Waals surface area contributed by atoms with Gasteiger partial charge >= 0.3 is 12.3 Å². The number of thiazole rings is 1. The van der Waals surface area contributed by atoms with Crippen LogP contribution in [0.2, 0.25) is 0 Å². The lowest BCUT2D eigenvalue weighted by Crippen LogP contribution is -2.57. The summed E-state index contributed by atoms with van der Waals surface area (Å²) < 4.78 is 49.8. The summed E-state index contributed by atoms with van der Waals surface area (Å²) in [6.45, 7) is 9.59. The number of halogens is 3. The molecule has 0 bridgehead atoms. The number of nitrogens with one attached hydrogen (secondary N) is 1. The predicted octanol–water partition coefficient (Wildman–Crippen LogP) is 5.42. The average Bonchev–Trinajstić information content (AvgIpc) is 3.25. The van der Waals surface area contributed by atoms with Gasteiger partial charge in [0, 0.05) is 40.2 Å². The van der Waals surface area contributed by atoms with Crippen molar-refractivity contribution < 1.29 is 32.2 Å². The summed E-state index contributed by atoms with van der Waals surface area (Å²) in [5, 5.41) is 3.46. The summed E-state index contributed by atoms with van der Waals surface area (Å²) in [7, 11) is 0. The highest BCUT2D eigenvalue weighted by atomic mass is 32.1. The molecule has 208 valence electrons. The molecule has 1 aliphatic heterocycles. The Hall–Kier alpha value is -3.74. The maximum Gasteiger partial charge on any atom is 0.451 e. The van der Waals surface area contributed by atoms with E-state index >= 15 is 0 Å². The third-order valence-corrected chi connectivity index (χ3v) is 6.57. The SMILES string of the molecule is Cc1cnc(-c2cc(OC3CN(C(=O)OC(C)(C)C)C3)cc(C(=O)N[C@H](C)c3cnc(C(F)(F)F)nc3)c2)s1. The molecule has 9 nitrogen and oxygen atoms in total. The minimum Gasteiger partial charge on any atom is -0.487 e. The highest BCUT2D eigenvalue weighted by Gasteiger charge is 2.36. The molecule has 0 radical (unpaired) electrons. The molecule has 0 saturated carbocycles. The minimum atomic E-state index is -4.65. The van der Waals surface area contributed by atoms with Crippen molar-refractivity contribution in [1.82, 2.24) is 25.2 Å². The second-order valence-corrected chi connectivity index (χ2v) is 11.4. The summed E-state index contributed by atoms with van der Waals surface area (Å²) in [5.74, 6) is -1.30. The van der Waals surface area contributed by atoms with Gasteiger partial charge < -0.3 is 19.7 Å². The zero-order chi connectivity index (χ0) is 28.5. The first-order valence-corrected chi connectivity index (χ1v) is 12.9. The standard InChI is InChI=1S/C26H28F3N5O4S/c1-14-9-30-22(39-14)17-6-16(21(35)33-15(2)18-10-31-23(32-11-18)26(27,28)29)7-19(8-17)37-20-12-34(13-20)24(36)38-25(3,4)5/h6-11,15,20H,12-13H2,1-5H3,(H,33,35)/t15-/m1/s1. The lowest BCUT2D eigenvalue weighted by Gasteiger charge is -2.39. The number of aromatic nitrogens is 3. The van der Waals surface area contributed by atoms with Gasteiger partial charge in [0.2, 0.25) is 5.82 Å². The largest absolute Gasteiger partial charge is 0.487 e. The van der Waals surface area contributed by atoms with E-state index in [1.165, 1.54) is 16.2 Å². The van der Waals surface area contributed by atoms with Gasteiger partial charge in [0.1, 0.15) is 22.5 Å². The first kappa shape index (κ1) is 28.3. The molecule has 2 aromatic heterocycles. The quantitative estimate of drug-likeness (QED) is 0.427. The van der Waals surface area contributed by atoms with Crippen molar-refractivity contribution in [2.45, 2.75) is 58.5 Å². The topological polar surface area (TPSA) is 107 Å². The zero-order valence-electron chi connectivity index (χ0n) is 22.0. The average molecular weight is 564 g/mol. The van der Waals surface area contributed by atoms with E-state index in [1.54, 1.807) is 52.1 Å². The second-order valence-electron chi connectivity index (χ2n) is 10.2. The molecule has 4 rings (SSSR count). The van der Waals surface area contributed by atoms with Gasteiger partial charge in [0.05, 0.1) is 19.1 Å². The number of hydrogen-bond donors (Lipinski definition) is 1. The van der Waals surface area contributed by atoms with Crippen LogP contribution < -0.4 is 10.1 Å². The zero-order valence-corrected chi connectivity index (χ0v) is 22.8. The number of carbonyl (C=O) groups excluding carboxylic acids is 2. The molecule has 3 heterocycles. The molecule has 1 aliphatic rings. The Balaban J connectivity index is 1.49. The Morgan fingerprint density at radius 2 is 1.74 bits per heavy atom. The van der Waals surface area contributed by atoms with Crippen LogP contribution in [0.15, 0.2) is 36.8 Å². The van der Waals surface area contributed by atoms with Crippen LogP contribution in [-0.4, -0.2) is 56.6 Å². The van der Waals surface area contributed by atoms with Crippen molar-refractivity contribution in [2.24, 2.45) is 0 Å². The number of carbonyl (C=O) groups is 2. The molecular formula is C26H28F3N5O4S. The molecule has 0 unspecified atom stereocenters. The highest BCUT2D eigenvalue weighted by Crippen LogP contribution is 2.31. The van der Waals surface area contributed by atoms with E-state index in [4.69, 9.17) is 9.47 Å².